The lowest BCUT2D eigenvalue weighted by molar-refractivity contribution is 0.426. The molecule has 1 fully saturated rings. The van der Waals surface area contributed by atoms with E-state index in [9.17, 15) is 0 Å². The van der Waals surface area contributed by atoms with Crippen LogP contribution in [-0.4, -0.2) is 4.98 Å². The first-order valence-corrected chi connectivity index (χ1v) is 48.0. The summed E-state index contributed by atoms with van der Waals surface area (Å²) in [6, 6.07) is 84.0. The van der Waals surface area contributed by atoms with E-state index >= 15 is 0 Å². The van der Waals surface area contributed by atoms with E-state index in [1.165, 1.54) is 184 Å². The van der Waals surface area contributed by atoms with Gasteiger partial charge in [-0.1, -0.05) is 353 Å². The molecule has 670 valence electrons. The fourth-order valence-corrected chi connectivity index (χ4v) is 21.9. The summed E-state index contributed by atoms with van der Waals surface area (Å²) in [5, 5.41) is 20.1. The summed E-state index contributed by atoms with van der Waals surface area (Å²) in [6.45, 7) is 64.6. The van der Waals surface area contributed by atoms with E-state index in [1.54, 1.807) is 5.56 Å². The van der Waals surface area contributed by atoms with E-state index in [1.807, 2.05) is 48.6 Å². The molecular weight excluding hydrogens is 1600 g/mol. The summed E-state index contributed by atoms with van der Waals surface area (Å²) in [4.78, 5) is 6.01. The van der Waals surface area contributed by atoms with Crippen molar-refractivity contribution in [3.63, 3.8) is 0 Å². The van der Waals surface area contributed by atoms with Gasteiger partial charge < -0.3 is 22.1 Å². The number of nitrogens with zero attached hydrogens (tertiary/aromatic N) is 1. The Morgan fingerprint density at radius 1 is 0.269 bits per heavy atom. The zero-order valence-corrected chi connectivity index (χ0v) is 83.8. The van der Waals surface area contributed by atoms with E-state index in [0.717, 1.165) is 78.5 Å². The Bertz CT molecular complexity index is 7470. The number of rotatable bonds is 1. The van der Waals surface area contributed by atoms with Gasteiger partial charge in [0.15, 0.2) is 0 Å². The highest BCUT2D eigenvalue weighted by atomic mass is 32.1. The smallest absolute Gasteiger partial charge is 0.227 e. The van der Waals surface area contributed by atoms with Gasteiger partial charge in [-0.25, -0.2) is 4.98 Å². The van der Waals surface area contributed by atoms with Crippen molar-refractivity contribution in [2.45, 2.75) is 277 Å². The topological polar surface area (TPSA) is 78.6 Å². The predicted octanol–water partition coefficient (Wildman–Crippen LogP) is 37.8. The van der Waals surface area contributed by atoms with Gasteiger partial charge in [-0.05, 0) is 238 Å². The second-order valence-electron chi connectivity index (χ2n) is 44.0. The van der Waals surface area contributed by atoms with Crippen molar-refractivity contribution in [2.75, 3.05) is 0 Å². The fourth-order valence-electron chi connectivity index (χ4n) is 20.7. The molecule has 0 N–H and O–H groups in total. The van der Waals surface area contributed by atoms with Crippen LogP contribution >= 0.6 is 11.3 Å². The third-order valence-corrected chi connectivity index (χ3v) is 28.0. The van der Waals surface area contributed by atoms with Crippen molar-refractivity contribution in [1.29, 1.82) is 0 Å². The summed E-state index contributed by atoms with van der Waals surface area (Å²) < 4.78 is 32.1. The summed E-state index contributed by atoms with van der Waals surface area (Å²) in [7, 11) is 0. The molecule has 130 heavy (non-hydrogen) atoms. The average Bonchev–Trinajstić information content (AvgIpc) is 1.58. The second-order valence-corrected chi connectivity index (χ2v) is 45.0. The largest absolute Gasteiger partial charge is 0.460 e. The molecule has 6 nitrogen and oxygen atoms in total. The molecule has 21 rings (SSSR count). The molecule has 0 amide bonds. The molecule has 0 atom stereocenters. The van der Waals surface area contributed by atoms with Gasteiger partial charge in [-0.3, -0.25) is 0 Å². The first kappa shape index (κ1) is 93.2. The highest BCUT2D eigenvalue weighted by molar-refractivity contribution is 7.19. The van der Waals surface area contributed by atoms with Crippen LogP contribution in [-0.2, 0) is 37.9 Å². The third-order valence-electron chi connectivity index (χ3n) is 26.3. The molecule has 0 spiro atoms. The third kappa shape index (κ3) is 18.9. The molecule has 0 aliphatic heterocycles. The van der Waals surface area contributed by atoms with Crippen molar-refractivity contribution in [2.24, 2.45) is 0 Å². The Morgan fingerprint density at radius 3 is 1.19 bits per heavy atom. The number of para-hydroxylation sites is 2. The summed E-state index contributed by atoms with van der Waals surface area (Å²) in [6.07, 6.45) is 6.97. The van der Waals surface area contributed by atoms with Gasteiger partial charge in [-0.2, -0.15) is 0 Å². The van der Waals surface area contributed by atoms with Gasteiger partial charge in [-0.15, -0.1) is 11.3 Å². The molecule has 13 aromatic carbocycles. The van der Waals surface area contributed by atoms with Crippen LogP contribution in [0.15, 0.2) is 259 Å². The number of aryl methyl sites for hydroxylation is 8. The Hall–Kier alpha value is -11.5. The number of aromatic nitrogens is 1. The molecular formula is C123H137NO5S. The van der Waals surface area contributed by atoms with E-state index in [-0.39, 0.29) is 37.9 Å². The van der Waals surface area contributed by atoms with Crippen LogP contribution in [0.2, 0.25) is 0 Å². The Balaban J connectivity index is 0.000000117. The van der Waals surface area contributed by atoms with Gasteiger partial charge >= 0.3 is 0 Å². The van der Waals surface area contributed by atoms with E-state index in [4.69, 9.17) is 22.1 Å². The molecule has 1 saturated carbocycles. The van der Waals surface area contributed by atoms with Crippen molar-refractivity contribution in [3.8, 4) is 0 Å². The van der Waals surface area contributed by atoms with E-state index < -0.39 is 0 Å². The van der Waals surface area contributed by atoms with Crippen LogP contribution in [0.3, 0.4) is 0 Å². The number of fused-ring (bicyclic) bond motifs is 18. The van der Waals surface area contributed by atoms with Crippen molar-refractivity contribution >= 4 is 153 Å². The Kier molecular flexibility index (Phi) is 25.8. The quantitative estimate of drug-likeness (QED) is 0.163. The molecule has 7 heteroatoms. The Labute approximate surface area is 776 Å². The number of pyridine rings is 1. The zero-order valence-electron chi connectivity index (χ0n) is 83.0. The van der Waals surface area contributed by atoms with Crippen LogP contribution in [0.5, 0.6) is 0 Å². The highest BCUT2D eigenvalue weighted by Gasteiger charge is 2.31. The maximum absolute atomic E-state index is 6.40. The summed E-state index contributed by atoms with van der Waals surface area (Å²) >= 11 is 1.93. The molecule has 7 aromatic heterocycles. The van der Waals surface area contributed by atoms with Gasteiger partial charge in [0, 0.05) is 96.8 Å². The normalized spacial score (nSPS) is 13.2. The zero-order chi connectivity index (χ0) is 93.4. The number of hydrogen-bond donors (Lipinski definition) is 0. The molecule has 1 aliphatic rings. The molecule has 20 aromatic rings. The molecule has 0 saturated heterocycles. The highest BCUT2D eigenvalue weighted by Crippen LogP contribution is 2.47. The first-order valence-electron chi connectivity index (χ1n) is 47.2. The van der Waals surface area contributed by atoms with Crippen molar-refractivity contribution < 1.29 is 22.1 Å². The van der Waals surface area contributed by atoms with E-state index in [2.05, 4.69) is 405 Å². The minimum absolute atomic E-state index is 0.0620. The van der Waals surface area contributed by atoms with Crippen LogP contribution in [0.4, 0.5) is 0 Å². The number of furan rings is 5. The fraction of sp³-hybridized carbons (Fsp3) is 0.341. The van der Waals surface area contributed by atoms with Crippen LogP contribution < -0.4 is 0 Å². The minimum atomic E-state index is 0.0620. The van der Waals surface area contributed by atoms with Crippen LogP contribution in [0, 0.1) is 55.4 Å². The second kappa shape index (κ2) is 36.0. The molecule has 1 aliphatic carbocycles. The number of hydrogen-bond acceptors (Lipinski definition) is 7. The standard InChI is InChI=1S/2C21H20O.C21H28.C17H19NO.C17H18O.C13H16O.C13H16S/c1-13-9-11-17-16-12-10-14-7-5-6-8-15(14)19(16)22-20(17)18(13)21(2,3)4;1-13-9-10-16-17-11-14-7-5-6-8-15(14)12-18(17)22-20(16)19(13)21(2,3)4;1-15-17-12-8-9-13-18(17)19(14-20(15)21(2,3)4)16-10-6-5-7-11-16;1-10-6-8-12-13-9-7-11(2)18-16(13)19-15(12)14(10)17(3,4)5;1-11-9-10-13-12-7-5-6-8-14(12)18-16(13)15(11)17(2,3)4;2*1-9-10-7-5-6-8-11(10)14-12(9)13(2,3)4/h2*5-12H,1-4H3;8-9,12-14,16H,5-7,10-11H2,1-4H3;6-9H,1-5H3;5-10H,1-4H3;2*5-8H,1-4H3. The van der Waals surface area contributed by atoms with Crippen LogP contribution in [0.25, 0.3) is 141 Å². The van der Waals surface area contributed by atoms with Crippen LogP contribution in [0.1, 0.15) is 272 Å². The van der Waals surface area contributed by atoms with E-state index in [0.29, 0.717) is 0 Å². The minimum Gasteiger partial charge on any atom is -0.460 e. The van der Waals surface area contributed by atoms with Gasteiger partial charge in [0.1, 0.15) is 50.4 Å². The summed E-state index contributed by atoms with van der Waals surface area (Å²) in [5.41, 5.74) is 28.4. The van der Waals surface area contributed by atoms with Gasteiger partial charge in [0.05, 0.1) is 0 Å². The van der Waals surface area contributed by atoms with Crippen molar-refractivity contribution in [1.82, 2.24) is 4.98 Å². The number of benzene rings is 13. The average molecular weight is 1740 g/mol. The lowest BCUT2D eigenvalue weighted by atomic mass is 9.76. The SMILES string of the molecule is Cc1c(C(C)(C)C)cc(C2CCCCC2)c2ccccc12.Cc1c(C(C)(C)C)oc2ccccc12.Cc1c(C(C)(C)C)sc2ccccc12.Cc1ccc2c(n1)oc1c(C(C)(C)C)c(C)ccc12.Cc1ccc2c(oc3c4ccccc4ccc23)c1C(C)(C)C.Cc1ccc2c(oc3cc4ccccc4cc32)c1C(C)(C)C.Cc1ccc2c(oc3ccccc32)c1C(C)(C)C. The van der Waals surface area contributed by atoms with Crippen molar-refractivity contribution in [3.05, 3.63) is 325 Å². The molecule has 0 unspecified atom stereocenters. The Morgan fingerprint density at radius 2 is 0.677 bits per heavy atom. The lowest BCUT2D eigenvalue weighted by Gasteiger charge is -2.29. The molecule has 0 radical (unpaired) electrons. The monoisotopic (exact) mass is 1740 g/mol. The molecule has 0 bridgehead atoms. The maximum Gasteiger partial charge on any atom is 0.227 e. The first-order chi connectivity index (χ1) is 61.3. The van der Waals surface area contributed by atoms with Gasteiger partial charge in [0.25, 0.3) is 0 Å². The number of thiophene rings is 1. The predicted molar refractivity (Wildman–Crippen MR) is 564 cm³/mol. The maximum atomic E-state index is 6.40. The summed E-state index contributed by atoms with van der Waals surface area (Å²) in [5.74, 6) is 1.86. The molecule has 7 heterocycles. The van der Waals surface area contributed by atoms with Gasteiger partial charge in [0.2, 0.25) is 5.71 Å². The lowest BCUT2D eigenvalue weighted by Crippen LogP contribution is -2.15.